The van der Waals surface area contributed by atoms with Gasteiger partial charge in [0.05, 0.1) is 38.2 Å². The van der Waals surface area contributed by atoms with Crippen molar-refractivity contribution in [2.75, 3.05) is 34.6 Å². The van der Waals surface area contributed by atoms with E-state index in [4.69, 9.17) is 14.2 Å². The Morgan fingerprint density at radius 3 is 1.81 bits per heavy atom. The Morgan fingerprint density at radius 1 is 1.05 bits per heavy atom. The minimum absolute atomic E-state index is 0.462. The lowest BCUT2D eigenvalue weighted by Crippen LogP contribution is -2.33. The summed E-state index contributed by atoms with van der Waals surface area (Å²) in [6.07, 6.45) is 1.21. The van der Waals surface area contributed by atoms with Crippen molar-refractivity contribution in [1.29, 1.82) is 0 Å². The SMILES string of the molecule is CNC(c1c(OC)cc(OC)cc1OC)C(C)S(C)(=O)=O. The Balaban J connectivity index is 3.50. The summed E-state index contributed by atoms with van der Waals surface area (Å²) in [4.78, 5) is 0. The largest absolute Gasteiger partial charge is 0.496 e. The number of sulfone groups is 1. The maximum Gasteiger partial charge on any atom is 0.151 e. The van der Waals surface area contributed by atoms with Gasteiger partial charge in [-0.3, -0.25) is 0 Å². The average Bonchev–Trinajstić information content (AvgIpc) is 2.46. The lowest BCUT2D eigenvalue weighted by Gasteiger charge is -2.26. The summed E-state index contributed by atoms with van der Waals surface area (Å²) in [7, 11) is 3.06. The third-order valence-electron chi connectivity index (χ3n) is 3.52. The molecule has 120 valence electrons. The topological polar surface area (TPSA) is 73.9 Å². The molecule has 1 rings (SSSR count). The van der Waals surface area contributed by atoms with E-state index < -0.39 is 21.1 Å². The van der Waals surface area contributed by atoms with Crippen LogP contribution in [-0.4, -0.2) is 48.3 Å². The number of benzene rings is 1. The van der Waals surface area contributed by atoms with Gasteiger partial charge < -0.3 is 19.5 Å². The predicted molar refractivity (Wildman–Crippen MR) is 82.2 cm³/mol. The Kier molecular flexibility index (Phi) is 5.86. The zero-order chi connectivity index (χ0) is 16.2. The van der Waals surface area contributed by atoms with E-state index in [-0.39, 0.29) is 0 Å². The van der Waals surface area contributed by atoms with E-state index in [2.05, 4.69) is 5.32 Å². The molecule has 0 aliphatic heterocycles. The van der Waals surface area contributed by atoms with Gasteiger partial charge in [-0.1, -0.05) is 0 Å². The molecule has 0 aliphatic carbocycles. The van der Waals surface area contributed by atoms with Crippen LogP contribution in [0.1, 0.15) is 18.5 Å². The van der Waals surface area contributed by atoms with Crippen molar-refractivity contribution in [2.24, 2.45) is 0 Å². The molecule has 0 heterocycles. The molecule has 0 aromatic heterocycles. The zero-order valence-electron chi connectivity index (χ0n) is 13.3. The average molecular weight is 317 g/mol. The molecule has 0 aliphatic rings. The summed E-state index contributed by atoms with van der Waals surface area (Å²) < 4.78 is 39.7. The highest BCUT2D eigenvalue weighted by molar-refractivity contribution is 7.91. The second-order valence-corrected chi connectivity index (χ2v) is 7.15. The fraction of sp³-hybridized carbons (Fsp3) is 0.571. The van der Waals surface area contributed by atoms with Crippen LogP contribution in [0.15, 0.2) is 12.1 Å². The van der Waals surface area contributed by atoms with Crippen LogP contribution in [0.25, 0.3) is 0 Å². The Labute approximate surface area is 126 Å². The molecule has 0 bridgehead atoms. The number of rotatable bonds is 7. The second-order valence-electron chi connectivity index (χ2n) is 4.75. The van der Waals surface area contributed by atoms with Gasteiger partial charge in [0, 0.05) is 18.4 Å². The Hall–Kier alpha value is -1.47. The van der Waals surface area contributed by atoms with Gasteiger partial charge >= 0.3 is 0 Å². The molecular weight excluding hydrogens is 294 g/mol. The third kappa shape index (κ3) is 3.79. The van der Waals surface area contributed by atoms with Crippen LogP contribution in [0.4, 0.5) is 0 Å². The second kappa shape index (κ2) is 7.00. The minimum atomic E-state index is -3.23. The van der Waals surface area contributed by atoms with Gasteiger partial charge in [-0.25, -0.2) is 8.42 Å². The summed E-state index contributed by atoms with van der Waals surface area (Å²) in [5.74, 6) is 1.61. The fourth-order valence-electron chi connectivity index (χ4n) is 2.20. The minimum Gasteiger partial charge on any atom is -0.496 e. The molecule has 6 nitrogen and oxygen atoms in total. The van der Waals surface area contributed by atoms with Gasteiger partial charge in [-0.2, -0.15) is 0 Å². The molecule has 0 amide bonds. The van der Waals surface area contributed by atoms with Crippen molar-refractivity contribution in [3.05, 3.63) is 17.7 Å². The zero-order valence-corrected chi connectivity index (χ0v) is 14.1. The van der Waals surface area contributed by atoms with Gasteiger partial charge in [-0.05, 0) is 14.0 Å². The van der Waals surface area contributed by atoms with Crippen molar-refractivity contribution in [1.82, 2.24) is 5.32 Å². The van der Waals surface area contributed by atoms with Gasteiger partial charge in [0.25, 0.3) is 0 Å². The summed E-state index contributed by atoms with van der Waals surface area (Å²) in [6, 6.07) is 2.95. The maximum absolute atomic E-state index is 11.9. The number of hydrogen-bond acceptors (Lipinski definition) is 6. The van der Waals surface area contributed by atoms with E-state index in [1.165, 1.54) is 20.5 Å². The molecular formula is C14H23NO5S. The van der Waals surface area contributed by atoms with Gasteiger partial charge in [0.2, 0.25) is 0 Å². The lowest BCUT2D eigenvalue weighted by molar-refractivity contribution is 0.358. The monoisotopic (exact) mass is 317 g/mol. The molecule has 7 heteroatoms. The molecule has 0 radical (unpaired) electrons. The van der Waals surface area contributed by atoms with Crippen molar-refractivity contribution < 1.29 is 22.6 Å². The van der Waals surface area contributed by atoms with Crippen LogP contribution in [0.5, 0.6) is 17.2 Å². The van der Waals surface area contributed by atoms with Crippen molar-refractivity contribution in [3.63, 3.8) is 0 Å². The lowest BCUT2D eigenvalue weighted by atomic mass is 10.0. The molecule has 0 saturated carbocycles. The normalized spacial score (nSPS) is 14.4. The fourth-order valence-corrected chi connectivity index (χ4v) is 2.97. The number of hydrogen-bond donors (Lipinski definition) is 1. The van der Waals surface area contributed by atoms with Crippen LogP contribution in [-0.2, 0) is 9.84 Å². The van der Waals surface area contributed by atoms with Gasteiger partial charge in [0.15, 0.2) is 9.84 Å². The van der Waals surface area contributed by atoms with Crippen molar-refractivity contribution in [2.45, 2.75) is 18.2 Å². The first-order valence-corrected chi connectivity index (χ1v) is 8.41. The quantitative estimate of drug-likeness (QED) is 0.819. The highest BCUT2D eigenvalue weighted by atomic mass is 32.2. The number of nitrogens with one attached hydrogen (secondary N) is 1. The van der Waals surface area contributed by atoms with E-state index in [9.17, 15) is 8.42 Å². The summed E-state index contributed by atoms with van der Waals surface area (Å²) in [5, 5.41) is 2.39. The predicted octanol–water partition coefficient (Wildman–Crippen LogP) is 1.41. The Bertz CT molecular complexity index is 560. The van der Waals surface area contributed by atoms with Crippen molar-refractivity contribution in [3.8, 4) is 17.2 Å². The van der Waals surface area contributed by atoms with E-state index in [0.717, 1.165) is 0 Å². The summed E-state index contributed by atoms with van der Waals surface area (Å²) in [5.41, 5.74) is 0.654. The molecule has 1 aromatic rings. The molecule has 0 fully saturated rings. The van der Waals surface area contributed by atoms with E-state index >= 15 is 0 Å². The van der Waals surface area contributed by atoms with Crippen LogP contribution in [0, 0.1) is 0 Å². The molecule has 1 N–H and O–H groups in total. The highest BCUT2D eigenvalue weighted by Crippen LogP contribution is 2.40. The van der Waals surface area contributed by atoms with E-state index in [1.807, 2.05) is 0 Å². The summed E-state index contributed by atoms with van der Waals surface area (Å²) >= 11 is 0. The van der Waals surface area contributed by atoms with Gasteiger partial charge in [-0.15, -0.1) is 0 Å². The first-order chi connectivity index (χ1) is 9.79. The smallest absolute Gasteiger partial charge is 0.151 e. The molecule has 21 heavy (non-hydrogen) atoms. The van der Waals surface area contributed by atoms with E-state index in [0.29, 0.717) is 22.8 Å². The van der Waals surface area contributed by atoms with Crippen LogP contribution >= 0.6 is 0 Å². The molecule has 0 saturated heterocycles. The van der Waals surface area contributed by atoms with E-state index in [1.54, 1.807) is 33.2 Å². The first-order valence-electron chi connectivity index (χ1n) is 6.46. The van der Waals surface area contributed by atoms with Crippen LogP contribution in [0.3, 0.4) is 0 Å². The van der Waals surface area contributed by atoms with Gasteiger partial charge in [0.1, 0.15) is 17.2 Å². The summed E-state index contributed by atoms with van der Waals surface area (Å²) in [6.45, 7) is 1.65. The van der Waals surface area contributed by atoms with Crippen LogP contribution in [0.2, 0.25) is 0 Å². The Morgan fingerprint density at radius 2 is 1.52 bits per heavy atom. The third-order valence-corrected chi connectivity index (χ3v) is 5.14. The van der Waals surface area contributed by atoms with Crippen LogP contribution < -0.4 is 19.5 Å². The van der Waals surface area contributed by atoms with Crippen molar-refractivity contribution >= 4 is 9.84 Å². The molecule has 2 unspecified atom stereocenters. The number of methoxy groups -OCH3 is 3. The molecule has 2 atom stereocenters. The maximum atomic E-state index is 11.9. The molecule has 1 aromatic carbocycles. The first kappa shape index (κ1) is 17.6. The molecule has 0 spiro atoms. The standard InChI is InChI=1S/C14H23NO5S/c1-9(21(6,16)17)14(15-2)13-11(19-4)7-10(18-3)8-12(13)20-5/h7-9,14-15H,1-6H3. The number of ether oxygens (including phenoxy) is 3. The highest BCUT2D eigenvalue weighted by Gasteiger charge is 2.31.